The van der Waals surface area contributed by atoms with E-state index in [2.05, 4.69) is 26.4 Å². The van der Waals surface area contributed by atoms with Crippen molar-refractivity contribution < 1.29 is 5.21 Å². The van der Waals surface area contributed by atoms with Crippen molar-refractivity contribution in [3.05, 3.63) is 62.0 Å². The van der Waals surface area contributed by atoms with E-state index in [-0.39, 0.29) is 5.84 Å². The number of rotatable bonds is 4. The Bertz CT molecular complexity index is 651. The molecule has 110 valence electrons. The van der Waals surface area contributed by atoms with Gasteiger partial charge >= 0.3 is 0 Å². The number of nitrogens with two attached hydrogens (primary N) is 1. The van der Waals surface area contributed by atoms with Crippen molar-refractivity contribution in [3.8, 4) is 0 Å². The number of oxime groups is 1. The topological polar surface area (TPSA) is 70.6 Å². The van der Waals surface area contributed by atoms with Crippen LogP contribution in [0.5, 0.6) is 0 Å². The fraction of sp³-hybridized carbons (Fsp3) is 0.0714. The third-order valence-corrected chi connectivity index (χ3v) is 3.89. The second-order valence-corrected chi connectivity index (χ2v) is 6.01. The van der Waals surface area contributed by atoms with Gasteiger partial charge in [0.05, 0.1) is 15.7 Å². The summed E-state index contributed by atoms with van der Waals surface area (Å²) < 4.78 is 0.825. The van der Waals surface area contributed by atoms with Crippen LogP contribution >= 0.6 is 39.1 Å². The summed E-state index contributed by atoms with van der Waals surface area (Å²) in [7, 11) is 0. The Morgan fingerprint density at radius 3 is 2.29 bits per heavy atom. The second kappa shape index (κ2) is 7.02. The number of nitrogens with zero attached hydrogens (tertiary/aromatic N) is 1. The van der Waals surface area contributed by atoms with Gasteiger partial charge < -0.3 is 16.3 Å². The minimum Gasteiger partial charge on any atom is -0.409 e. The van der Waals surface area contributed by atoms with Crippen molar-refractivity contribution in [3.63, 3.8) is 0 Å². The number of hydrogen-bond donors (Lipinski definition) is 3. The molecule has 2 rings (SSSR count). The van der Waals surface area contributed by atoms with Gasteiger partial charge in [0, 0.05) is 16.6 Å². The van der Waals surface area contributed by atoms with E-state index in [4.69, 9.17) is 34.1 Å². The van der Waals surface area contributed by atoms with E-state index in [1.807, 2.05) is 12.1 Å². The molecule has 0 spiro atoms. The molecule has 0 unspecified atom stereocenters. The quantitative estimate of drug-likeness (QED) is 0.313. The van der Waals surface area contributed by atoms with Gasteiger partial charge in [0.25, 0.3) is 0 Å². The highest BCUT2D eigenvalue weighted by atomic mass is 79.9. The third-order valence-electron chi connectivity index (χ3n) is 2.83. The van der Waals surface area contributed by atoms with E-state index in [1.54, 1.807) is 24.3 Å². The summed E-state index contributed by atoms with van der Waals surface area (Å²) in [4.78, 5) is 0. The van der Waals surface area contributed by atoms with E-state index in [0.717, 1.165) is 10.0 Å². The fourth-order valence-corrected chi connectivity index (χ4v) is 3.09. The SMILES string of the molecule is NC(=NO)c1ccc(CNc2c(Cl)cc(Br)cc2Cl)cc1. The largest absolute Gasteiger partial charge is 0.409 e. The van der Waals surface area contributed by atoms with Crippen LogP contribution in [0.2, 0.25) is 10.0 Å². The fourth-order valence-electron chi connectivity index (χ4n) is 1.75. The van der Waals surface area contributed by atoms with Gasteiger partial charge in [-0.2, -0.15) is 0 Å². The summed E-state index contributed by atoms with van der Waals surface area (Å²) in [6, 6.07) is 10.9. The minimum absolute atomic E-state index is 0.0773. The molecular weight excluding hydrogens is 377 g/mol. The van der Waals surface area contributed by atoms with E-state index in [0.29, 0.717) is 27.8 Å². The first-order chi connectivity index (χ1) is 10.0. The normalized spacial score (nSPS) is 11.5. The molecule has 2 aromatic carbocycles. The van der Waals surface area contributed by atoms with Crippen LogP contribution < -0.4 is 11.1 Å². The van der Waals surface area contributed by atoms with E-state index in [1.165, 1.54) is 0 Å². The number of anilines is 1. The van der Waals surface area contributed by atoms with Crippen LogP contribution in [0.4, 0.5) is 5.69 Å². The summed E-state index contributed by atoms with van der Waals surface area (Å²) in [6.07, 6.45) is 0. The molecular formula is C14H12BrCl2N3O. The Hall–Kier alpha value is -1.43. The molecule has 7 heteroatoms. The minimum atomic E-state index is 0.0773. The van der Waals surface area contributed by atoms with Gasteiger partial charge in [0.2, 0.25) is 0 Å². The van der Waals surface area contributed by atoms with Crippen molar-refractivity contribution in [1.29, 1.82) is 0 Å². The summed E-state index contributed by atoms with van der Waals surface area (Å²) in [5.74, 6) is 0.0773. The number of halogens is 3. The predicted octanol–water partition coefficient (Wildman–Crippen LogP) is 4.46. The van der Waals surface area contributed by atoms with Crippen LogP contribution in [0.15, 0.2) is 46.0 Å². The number of nitrogens with one attached hydrogen (secondary N) is 1. The molecule has 21 heavy (non-hydrogen) atoms. The monoisotopic (exact) mass is 387 g/mol. The van der Waals surface area contributed by atoms with Crippen LogP contribution in [-0.2, 0) is 6.54 Å². The van der Waals surface area contributed by atoms with Gasteiger partial charge in [-0.05, 0) is 17.7 Å². The zero-order valence-electron chi connectivity index (χ0n) is 10.8. The first-order valence-electron chi connectivity index (χ1n) is 5.96. The van der Waals surface area contributed by atoms with Crippen LogP contribution in [0.1, 0.15) is 11.1 Å². The molecule has 0 fully saturated rings. The molecule has 0 atom stereocenters. The average molecular weight is 389 g/mol. The Labute approximate surface area is 140 Å². The molecule has 0 saturated carbocycles. The van der Waals surface area contributed by atoms with Gasteiger partial charge in [0.15, 0.2) is 5.84 Å². The molecule has 4 nitrogen and oxygen atoms in total. The third kappa shape index (κ3) is 4.03. The van der Waals surface area contributed by atoms with Crippen LogP contribution in [-0.4, -0.2) is 11.0 Å². The molecule has 0 heterocycles. The van der Waals surface area contributed by atoms with Crippen LogP contribution in [0.25, 0.3) is 0 Å². The standard InChI is InChI=1S/C14H12BrCl2N3O/c15-10-5-11(16)13(12(17)6-10)19-7-8-1-3-9(4-2-8)14(18)20-21/h1-6,19,21H,7H2,(H2,18,20). The Kier molecular flexibility index (Phi) is 5.33. The van der Waals surface area contributed by atoms with Gasteiger partial charge in [-0.15, -0.1) is 0 Å². The molecule has 0 bridgehead atoms. The van der Waals surface area contributed by atoms with Gasteiger partial charge in [-0.1, -0.05) is 68.6 Å². The lowest BCUT2D eigenvalue weighted by atomic mass is 10.1. The van der Waals surface area contributed by atoms with E-state index in [9.17, 15) is 0 Å². The summed E-state index contributed by atoms with van der Waals surface area (Å²) in [5.41, 5.74) is 7.86. The molecule has 2 aromatic rings. The highest BCUT2D eigenvalue weighted by molar-refractivity contribution is 9.10. The maximum atomic E-state index is 8.61. The number of benzene rings is 2. The highest BCUT2D eigenvalue weighted by Crippen LogP contribution is 2.34. The van der Waals surface area contributed by atoms with Gasteiger partial charge in [-0.25, -0.2) is 0 Å². The Morgan fingerprint density at radius 1 is 1.19 bits per heavy atom. The zero-order valence-corrected chi connectivity index (χ0v) is 13.9. The molecule has 0 amide bonds. The van der Waals surface area contributed by atoms with Crippen LogP contribution in [0.3, 0.4) is 0 Å². The zero-order chi connectivity index (χ0) is 15.4. The molecule has 0 aliphatic rings. The molecule has 0 saturated heterocycles. The Balaban J connectivity index is 2.10. The average Bonchev–Trinajstić information content (AvgIpc) is 2.46. The lowest BCUT2D eigenvalue weighted by Crippen LogP contribution is -2.13. The smallest absolute Gasteiger partial charge is 0.170 e. The first-order valence-corrected chi connectivity index (χ1v) is 7.51. The van der Waals surface area contributed by atoms with Crippen molar-refractivity contribution in [1.82, 2.24) is 0 Å². The maximum Gasteiger partial charge on any atom is 0.170 e. The molecule has 0 aliphatic heterocycles. The first kappa shape index (κ1) is 15.9. The van der Waals surface area contributed by atoms with Gasteiger partial charge in [-0.3, -0.25) is 0 Å². The summed E-state index contributed by atoms with van der Waals surface area (Å²) in [6.45, 7) is 0.553. The lowest BCUT2D eigenvalue weighted by molar-refractivity contribution is 0.318. The van der Waals surface area contributed by atoms with Crippen molar-refractivity contribution in [2.75, 3.05) is 5.32 Å². The molecule has 0 aliphatic carbocycles. The van der Waals surface area contributed by atoms with E-state index >= 15 is 0 Å². The second-order valence-electron chi connectivity index (χ2n) is 4.28. The molecule has 4 N–H and O–H groups in total. The van der Waals surface area contributed by atoms with Crippen molar-refractivity contribution in [2.24, 2.45) is 10.9 Å². The lowest BCUT2D eigenvalue weighted by Gasteiger charge is -2.11. The maximum absolute atomic E-state index is 8.61. The summed E-state index contributed by atoms with van der Waals surface area (Å²) >= 11 is 15.6. The molecule has 0 aromatic heterocycles. The highest BCUT2D eigenvalue weighted by Gasteiger charge is 2.07. The van der Waals surface area contributed by atoms with Crippen molar-refractivity contribution >= 4 is 50.7 Å². The molecule has 0 radical (unpaired) electrons. The predicted molar refractivity (Wildman–Crippen MR) is 90.4 cm³/mol. The van der Waals surface area contributed by atoms with E-state index < -0.39 is 0 Å². The van der Waals surface area contributed by atoms with Crippen LogP contribution in [0, 0.1) is 0 Å². The van der Waals surface area contributed by atoms with Gasteiger partial charge in [0.1, 0.15) is 0 Å². The Morgan fingerprint density at radius 2 is 1.76 bits per heavy atom. The number of amidine groups is 1. The number of hydrogen-bond acceptors (Lipinski definition) is 3. The van der Waals surface area contributed by atoms with Crippen molar-refractivity contribution in [2.45, 2.75) is 6.54 Å². The summed E-state index contributed by atoms with van der Waals surface area (Å²) in [5, 5.41) is 15.8.